The lowest BCUT2D eigenvalue weighted by Crippen LogP contribution is -1.68. The molecule has 0 aromatic rings. The maximum atomic E-state index is 11.3. The van der Waals surface area contributed by atoms with Crippen LogP contribution < -0.4 is 0 Å². The molecule has 0 saturated carbocycles. The number of rotatable bonds is 1. The molecule has 0 unspecified atom stereocenters. The van der Waals surface area contributed by atoms with Gasteiger partial charge in [-0.3, -0.25) is 0 Å². The van der Waals surface area contributed by atoms with Gasteiger partial charge in [-0.05, 0) is 6.42 Å². The Morgan fingerprint density at radius 3 is 2.57 bits per heavy atom. The fourth-order valence-electron chi connectivity index (χ4n) is 0.181. The van der Waals surface area contributed by atoms with E-state index < -0.39 is 0 Å². The first-order chi connectivity index (χ1) is 3.35. The van der Waals surface area contributed by atoms with E-state index in [1.165, 1.54) is 0 Å². The topological polar surface area (TPSA) is 23.8 Å². The summed E-state index contributed by atoms with van der Waals surface area (Å²) >= 11 is 0. The van der Waals surface area contributed by atoms with E-state index in [-0.39, 0.29) is 5.57 Å². The van der Waals surface area contributed by atoms with Crippen LogP contribution in [-0.2, 0) is 0 Å². The quantitative estimate of drug-likeness (QED) is 0.459. The molecule has 0 atom stereocenters. The lowest BCUT2D eigenvalue weighted by atomic mass is 10.3. The van der Waals surface area contributed by atoms with Crippen molar-refractivity contribution >= 4 is 0 Å². The van der Waals surface area contributed by atoms with Gasteiger partial charge < -0.3 is 0 Å². The number of nitriles is 1. The van der Waals surface area contributed by atoms with Gasteiger partial charge in [0.2, 0.25) is 0 Å². The van der Waals surface area contributed by atoms with E-state index in [0.29, 0.717) is 12.8 Å². The van der Waals surface area contributed by atoms with Crippen molar-refractivity contribution in [2.75, 3.05) is 0 Å². The molecule has 0 heterocycles. The third-order valence-electron chi connectivity index (χ3n) is 0.656. The van der Waals surface area contributed by atoms with Gasteiger partial charge in [0.25, 0.3) is 0 Å². The van der Waals surface area contributed by atoms with Gasteiger partial charge in [0, 0.05) is 0 Å². The van der Waals surface area contributed by atoms with E-state index in [9.17, 15) is 4.39 Å². The Bertz CT molecular complexity index is 110. The summed E-state index contributed by atoms with van der Waals surface area (Å²) in [6.07, 6.45) is 0.812. The van der Waals surface area contributed by atoms with E-state index in [4.69, 9.17) is 5.26 Å². The van der Waals surface area contributed by atoms with Crippen molar-refractivity contribution in [2.24, 2.45) is 0 Å². The lowest BCUT2D eigenvalue weighted by molar-refractivity contribution is 0.708. The van der Waals surface area contributed by atoms with E-state index in [2.05, 4.69) is 0 Å². The molecule has 7 heavy (non-hydrogen) atoms. The average Bonchev–Trinajstić information content (AvgIpc) is 1.72. The Labute approximate surface area is 42.1 Å². The number of allylic oxidation sites excluding steroid dienone is 1. The van der Waals surface area contributed by atoms with Crippen molar-refractivity contribution < 1.29 is 4.39 Å². The normalized spacial score (nSPS) is 10.7. The highest BCUT2D eigenvalue weighted by Gasteiger charge is 1.84. The zero-order valence-electron chi connectivity index (χ0n) is 4.11. The summed E-state index contributed by atoms with van der Waals surface area (Å²) in [4.78, 5) is 0. The van der Waals surface area contributed by atoms with Crippen LogP contribution in [-0.4, -0.2) is 0 Å². The number of nitrogens with zero attached hydrogens (tertiary/aromatic N) is 1. The highest BCUT2D eigenvalue weighted by atomic mass is 19.1. The van der Waals surface area contributed by atoms with Gasteiger partial charge in [0.1, 0.15) is 6.33 Å². The predicted octanol–water partition coefficient (Wildman–Crippen LogP) is 1.77. The largest absolute Gasteiger partial charge is 0.214 e. The zero-order valence-corrected chi connectivity index (χ0v) is 4.11. The van der Waals surface area contributed by atoms with Crippen LogP contribution in [0.25, 0.3) is 0 Å². The van der Waals surface area contributed by atoms with Gasteiger partial charge in [-0.1, -0.05) is 6.92 Å². The third-order valence-corrected chi connectivity index (χ3v) is 0.656. The molecule has 0 N–H and O–H groups in total. The molecule has 0 radical (unpaired) electrons. The number of halogens is 1. The SMILES string of the molecule is CC/C(C#N)=C/F. The van der Waals surface area contributed by atoms with Gasteiger partial charge in [0.15, 0.2) is 0 Å². The minimum atomic E-state index is 0.194. The van der Waals surface area contributed by atoms with E-state index in [0.717, 1.165) is 0 Å². The Balaban J connectivity index is 3.68. The van der Waals surface area contributed by atoms with E-state index in [1.807, 2.05) is 0 Å². The predicted molar refractivity (Wildman–Crippen MR) is 25.1 cm³/mol. The molecule has 0 saturated heterocycles. The van der Waals surface area contributed by atoms with Gasteiger partial charge in [0.05, 0.1) is 11.6 Å². The Morgan fingerprint density at radius 2 is 2.57 bits per heavy atom. The summed E-state index contributed by atoms with van der Waals surface area (Å²) in [5.41, 5.74) is 0.194. The molecule has 0 aliphatic heterocycles. The summed E-state index contributed by atoms with van der Waals surface area (Å²) in [6, 6.07) is 1.69. The summed E-state index contributed by atoms with van der Waals surface area (Å²) < 4.78 is 11.3. The van der Waals surface area contributed by atoms with Crippen LogP contribution in [0.5, 0.6) is 0 Å². The van der Waals surface area contributed by atoms with Crippen LogP contribution in [0.4, 0.5) is 4.39 Å². The minimum Gasteiger partial charge on any atom is -0.214 e. The number of hydrogen-bond acceptors (Lipinski definition) is 1. The standard InChI is InChI=1S/C5H6FN/c1-2-5(3-6)4-7/h3H,2H2,1H3/b5-3-. The molecule has 0 fully saturated rings. The first kappa shape index (κ1) is 6.16. The van der Waals surface area contributed by atoms with Crippen LogP contribution in [0.15, 0.2) is 11.9 Å². The molecule has 0 rings (SSSR count). The van der Waals surface area contributed by atoms with Crippen LogP contribution in [0.3, 0.4) is 0 Å². The van der Waals surface area contributed by atoms with E-state index in [1.54, 1.807) is 13.0 Å². The maximum absolute atomic E-state index is 11.3. The molecule has 0 aliphatic carbocycles. The fourth-order valence-corrected chi connectivity index (χ4v) is 0.181. The Hall–Kier alpha value is -0.840. The minimum absolute atomic E-state index is 0.194. The van der Waals surface area contributed by atoms with Crippen LogP contribution in [0.2, 0.25) is 0 Å². The highest BCUT2D eigenvalue weighted by Crippen LogP contribution is 1.95. The molecule has 0 aliphatic rings. The van der Waals surface area contributed by atoms with Gasteiger partial charge in [-0.15, -0.1) is 0 Å². The second kappa shape index (κ2) is 3.35. The molecular weight excluding hydrogens is 93.1 g/mol. The van der Waals surface area contributed by atoms with Crippen molar-refractivity contribution in [3.63, 3.8) is 0 Å². The molecule has 0 spiro atoms. The summed E-state index contributed by atoms with van der Waals surface area (Å²) in [5, 5.41) is 7.97. The van der Waals surface area contributed by atoms with Crippen molar-refractivity contribution in [3.8, 4) is 6.07 Å². The van der Waals surface area contributed by atoms with Crippen LogP contribution in [0, 0.1) is 11.3 Å². The molecule has 38 valence electrons. The highest BCUT2D eigenvalue weighted by molar-refractivity contribution is 5.16. The molecule has 0 amide bonds. The van der Waals surface area contributed by atoms with E-state index >= 15 is 0 Å². The van der Waals surface area contributed by atoms with Crippen molar-refractivity contribution in [2.45, 2.75) is 13.3 Å². The van der Waals surface area contributed by atoms with Gasteiger partial charge in [-0.25, -0.2) is 4.39 Å². The van der Waals surface area contributed by atoms with Gasteiger partial charge in [-0.2, -0.15) is 5.26 Å². The Morgan fingerprint density at radius 1 is 2.00 bits per heavy atom. The second-order valence-corrected chi connectivity index (χ2v) is 1.10. The number of hydrogen-bond donors (Lipinski definition) is 0. The average molecular weight is 99.1 g/mol. The first-order valence-corrected chi connectivity index (χ1v) is 2.04. The van der Waals surface area contributed by atoms with Crippen molar-refractivity contribution in [3.05, 3.63) is 11.9 Å². The zero-order chi connectivity index (χ0) is 5.70. The molecule has 1 nitrogen and oxygen atoms in total. The molecular formula is C5H6FN. The lowest BCUT2D eigenvalue weighted by Gasteiger charge is -1.78. The van der Waals surface area contributed by atoms with Crippen LogP contribution in [0.1, 0.15) is 13.3 Å². The summed E-state index contributed by atoms with van der Waals surface area (Å²) in [7, 11) is 0. The molecule has 0 aromatic carbocycles. The fraction of sp³-hybridized carbons (Fsp3) is 0.400. The van der Waals surface area contributed by atoms with Crippen LogP contribution >= 0.6 is 0 Å². The first-order valence-electron chi connectivity index (χ1n) is 2.04. The molecule has 0 bridgehead atoms. The van der Waals surface area contributed by atoms with Crippen molar-refractivity contribution in [1.29, 1.82) is 5.26 Å². The van der Waals surface area contributed by atoms with Crippen molar-refractivity contribution in [1.82, 2.24) is 0 Å². The summed E-state index contributed by atoms with van der Waals surface area (Å²) in [6.45, 7) is 1.73. The molecule has 0 aromatic heterocycles. The summed E-state index contributed by atoms with van der Waals surface area (Å²) in [5.74, 6) is 0. The third kappa shape index (κ3) is 1.94. The molecule has 2 heteroatoms. The Kier molecular flexibility index (Phi) is 2.95. The maximum Gasteiger partial charge on any atom is 0.100 e. The smallest absolute Gasteiger partial charge is 0.100 e. The second-order valence-electron chi connectivity index (χ2n) is 1.10. The monoisotopic (exact) mass is 99.0 g/mol. The van der Waals surface area contributed by atoms with Gasteiger partial charge >= 0.3 is 0 Å².